The molecule has 0 heterocycles. The number of methoxy groups -OCH3 is 1. The summed E-state index contributed by atoms with van der Waals surface area (Å²) in [6, 6.07) is 4.18. The van der Waals surface area contributed by atoms with E-state index in [4.69, 9.17) is 9.47 Å². The molecular weight excluding hydrogens is 223 g/mol. The molecule has 1 atom stereocenters. The Morgan fingerprint density at radius 3 is 2.65 bits per heavy atom. The monoisotopic (exact) mass is 242 g/mol. The highest BCUT2D eigenvalue weighted by Crippen LogP contribution is 2.26. The van der Waals surface area contributed by atoms with Crippen LogP contribution >= 0.6 is 0 Å². The second-order valence-electron chi connectivity index (χ2n) is 3.91. The van der Waals surface area contributed by atoms with Gasteiger partial charge < -0.3 is 14.6 Å². The number of ether oxygens (including phenoxy) is 2. The van der Waals surface area contributed by atoms with Crippen molar-refractivity contribution in [3.8, 4) is 5.75 Å². The van der Waals surface area contributed by atoms with Crippen molar-refractivity contribution in [2.75, 3.05) is 20.3 Å². The Bertz CT molecular complexity index is 339. The van der Waals surface area contributed by atoms with Crippen LogP contribution in [0.2, 0.25) is 0 Å². The lowest BCUT2D eigenvalue weighted by Gasteiger charge is -2.13. The molecule has 0 unspecified atom stereocenters. The fourth-order valence-electron chi connectivity index (χ4n) is 1.51. The molecule has 4 heteroatoms. The largest absolute Gasteiger partial charge is 0.493 e. The minimum Gasteiger partial charge on any atom is -0.493 e. The van der Waals surface area contributed by atoms with Gasteiger partial charge in [0.05, 0.1) is 12.7 Å². The predicted octanol–water partition coefficient (Wildman–Crippen LogP) is 2.68. The lowest BCUT2D eigenvalue weighted by molar-refractivity contribution is 0.178. The van der Waals surface area contributed by atoms with Crippen molar-refractivity contribution in [2.24, 2.45) is 0 Å². The van der Waals surface area contributed by atoms with E-state index in [-0.39, 0.29) is 5.82 Å². The van der Waals surface area contributed by atoms with Crippen molar-refractivity contribution < 1.29 is 19.0 Å². The molecule has 1 N–H and O–H groups in total. The molecule has 0 spiro atoms. The van der Waals surface area contributed by atoms with Gasteiger partial charge in [0.1, 0.15) is 11.6 Å². The van der Waals surface area contributed by atoms with Crippen LogP contribution in [0.3, 0.4) is 0 Å². The molecule has 0 aliphatic rings. The van der Waals surface area contributed by atoms with Gasteiger partial charge in [-0.15, -0.1) is 0 Å². The maximum absolute atomic E-state index is 13.0. The zero-order valence-corrected chi connectivity index (χ0v) is 10.3. The minimum absolute atomic E-state index is 0.368. The molecule has 0 saturated carbocycles. The zero-order valence-electron chi connectivity index (χ0n) is 10.3. The topological polar surface area (TPSA) is 38.7 Å². The Kier molecular flexibility index (Phi) is 5.94. The second kappa shape index (κ2) is 7.25. The normalized spacial score (nSPS) is 12.5. The summed E-state index contributed by atoms with van der Waals surface area (Å²) < 4.78 is 23.5. The van der Waals surface area contributed by atoms with Crippen molar-refractivity contribution in [1.82, 2.24) is 0 Å². The van der Waals surface area contributed by atoms with E-state index in [9.17, 15) is 9.50 Å². The second-order valence-corrected chi connectivity index (χ2v) is 3.91. The molecule has 3 nitrogen and oxygen atoms in total. The molecule has 17 heavy (non-hydrogen) atoms. The highest BCUT2D eigenvalue weighted by Gasteiger charge is 2.10. The molecule has 96 valence electrons. The number of halogens is 1. The number of benzene rings is 1. The van der Waals surface area contributed by atoms with E-state index >= 15 is 0 Å². The van der Waals surface area contributed by atoms with Crippen LogP contribution in [0.25, 0.3) is 0 Å². The van der Waals surface area contributed by atoms with Gasteiger partial charge in [0.2, 0.25) is 0 Å². The van der Waals surface area contributed by atoms with Gasteiger partial charge in [-0.25, -0.2) is 4.39 Å². The zero-order chi connectivity index (χ0) is 12.7. The summed E-state index contributed by atoms with van der Waals surface area (Å²) >= 11 is 0. The van der Waals surface area contributed by atoms with Gasteiger partial charge in [0.25, 0.3) is 0 Å². The number of rotatable bonds is 7. The van der Waals surface area contributed by atoms with Crippen molar-refractivity contribution in [3.05, 3.63) is 29.6 Å². The molecule has 0 fully saturated rings. The standard InChI is InChI=1S/C13H19FO3/c1-10(15)12-9-11(14)5-6-13(12)17-8-4-3-7-16-2/h5-6,9-10,15H,3-4,7-8H2,1-2H3/t10-/m0/s1. The first-order valence-corrected chi connectivity index (χ1v) is 5.74. The first-order valence-electron chi connectivity index (χ1n) is 5.74. The van der Waals surface area contributed by atoms with Crippen molar-refractivity contribution >= 4 is 0 Å². The minimum atomic E-state index is -0.736. The quantitative estimate of drug-likeness (QED) is 0.747. The van der Waals surface area contributed by atoms with E-state index in [1.807, 2.05) is 0 Å². The first-order chi connectivity index (χ1) is 8.15. The fourth-order valence-corrected chi connectivity index (χ4v) is 1.51. The van der Waals surface area contributed by atoms with Gasteiger partial charge in [-0.05, 0) is 38.0 Å². The van der Waals surface area contributed by atoms with E-state index in [0.29, 0.717) is 24.5 Å². The third kappa shape index (κ3) is 4.71. The molecule has 1 rings (SSSR count). The lowest BCUT2D eigenvalue weighted by Crippen LogP contribution is -2.04. The first kappa shape index (κ1) is 13.9. The summed E-state index contributed by atoms with van der Waals surface area (Å²) in [5.74, 6) is 0.173. The van der Waals surface area contributed by atoms with E-state index in [1.54, 1.807) is 20.1 Å². The van der Waals surface area contributed by atoms with Crippen LogP contribution in [-0.2, 0) is 4.74 Å². The summed E-state index contributed by atoms with van der Waals surface area (Å²) in [7, 11) is 1.66. The molecule has 0 amide bonds. The van der Waals surface area contributed by atoms with Gasteiger partial charge >= 0.3 is 0 Å². The Morgan fingerprint density at radius 1 is 1.29 bits per heavy atom. The Morgan fingerprint density at radius 2 is 2.00 bits per heavy atom. The van der Waals surface area contributed by atoms with Crippen LogP contribution in [0.4, 0.5) is 4.39 Å². The summed E-state index contributed by atoms with van der Waals surface area (Å²) in [6.45, 7) is 2.83. The molecule has 0 radical (unpaired) electrons. The van der Waals surface area contributed by atoms with Crippen molar-refractivity contribution in [1.29, 1.82) is 0 Å². The summed E-state index contributed by atoms with van der Waals surface area (Å²) in [5, 5.41) is 9.50. The number of hydrogen-bond donors (Lipinski definition) is 1. The predicted molar refractivity (Wildman–Crippen MR) is 63.6 cm³/mol. The van der Waals surface area contributed by atoms with Gasteiger partial charge in [0, 0.05) is 19.3 Å². The third-order valence-electron chi connectivity index (χ3n) is 2.42. The van der Waals surface area contributed by atoms with Crippen LogP contribution in [0.15, 0.2) is 18.2 Å². The average Bonchev–Trinajstić information content (AvgIpc) is 2.30. The third-order valence-corrected chi connectivity index (χ3v) is 2.42. The van der Waals surface area contributed by atoms with Crippen LogP contribution in [0.1, 0.15) is 31.4 Å². The number of aliphatic hydroxyl groups excluding tert-OH is 1. The van der Waals surface area contributed by atoms with E-state index in [1.165, 1.54) is 12.1 Å². The lowest BCUT2D eigenvalue weighted by atomic mass is 10.1. The molecule has 0 aliphatic carbocycles. The maximum Gasteiger partial charge on any atom is 0.125 e. The SMILES string of the molecule is COCCCCOc1ccc(F)cc1[C@H](C)O. The van der Waals surface area contributed by atoms with Gasteiger partial charge in [0.15, 0.2) is 0 Å². The van der Waals surface area contributed by atoms with Crippen molar-refractivity contribution in [3.63, 3.8) is 0 Å². The number of aliphatic hydroxyl groups is 1. The van der Waals surface area contributed by atoms with Crippen LogP contribution in [0, 0.1) is 5.82 Å². The van der Waals surface area contributed by atoms with Gasteiger partial charge in [-0.1, -0.05) is 0 Å². The molecule has 1 aromatic rings. The highest BCUT2D eigenvalue weighted by atomic mass is 19.1. The van der Waals surface area contributed by atoms with Crippen LogP contribution in [0.5, 0.6) is 5.75 Å². The van der Waals surface area contributed by atoms with Gasteiger partial charge in [-0.3, -0.25) is 0 Å². The summed E-state index contributed by atoms with van der Waals surface area (Å²) in [5.41, 5.74) is 0.483. The van der Waals surface area contributed by atoms with E-state index in [0.717, 1.165) is 12.8 Å². The van der Waals surface area contributed by atoms with E-state index in [2.05, 4.69) is 0 Å². The number of unbranched alkanes of at least 4 members (excludes halogenated alkanes) is 1. The Hall–Kier alpha value is -1.13. The van der Waals surface area contributed by atoms with Crippen molar-refractivity contribution in [2.45, 2.75) is 25.9 Å². The Labute approximate surface area is 101 Å². The molecule has 0 saturated heterocycles. The van der Waals surface area contributed by atoms with Gasteiger partial charge in [-0.2, -0.15) is 0 Å². The fraction of sp³-hybridized carbons (Fsp3) is 0.538. The maximum atomic E-state index is 13.0. The highest BCUT2D eigenvalue weighted by molar-refractivity contribution is 5.35. The molecule has 0 bridgehead atoms. The summed E-state index contributed by atoms with van der Waals surface area (Å²) in [4.78, 5) is 0. The molecular formula is C13H19FO3. The molecule has 0 aliphatic heterocycles. The molecule has 1 aromatic carbocycles. The average molecular weight is 242 g/mol. The van der Waals surface area contributed by atoms with Crippen LogP contribution < -0.4 is 4.74 Å². The van der Waals surface area contributed by atoms with Crippen LogP contribution in [-0.4, -0.2) is 25.4 Å². The Balaban J connectivity index is 2.52. The number of hydrogen-bond acceptors (Lipinski definition) is 3. The smallest absolute Gasteiger partial charge is 0.125 e. The molecule has 0 aromatic heterocycles. The summed E-state index contributed by atoms with van der Waals surface area (Å²) in [6.07, 6.45) is 1.05. The van der Waals surface area contributed by atoms with E-state index < -0.39 is 6.10 Å².